The van der Waals surface area contributed by atoms with E-state index in [1.165, 1.54) is 12.1 Å². The molecule has 8 heteroatoms. The maximum Gasteiger partial charge on any atom is 0.255 e. The van der Waals surface area contributed by atoms with Crippen molar-refractivity contribution in [3.63, 3.8) is 0 Å². The number of carbonyl (C=O) groups excluding carboxylic acids is 1. The third kappa shape index (κ3) is 4.13. The van der Waals surface area contributed by atoms with Gasteiger partial charge < -0.3 is 5.32 Å². The first-order valence-electron chi connectivity index (χ1n) is 9.10. The summed E-state index contributed by atoms with van der Waals surface area (Å²) in [6.45, 7) is 0. The molecule has 4 rings (SSSR count). The zero-order chi connectivity index (χ0) is 21.1. The quantitative estimate of drug-likeness (QED) is 0.513. The number of aromatic nitrogens is 3. The number of H-pyrrole nitrogens is 1. The van der Waals surface area contributed by atoms with E-state index in [0.717, 1.165) is 11.8 Å². The first-order chi connectivity index (χ1) is 14.4. The van der Waals surface area contributed by atoms with Crippen LogP contribution in [0.3, 0.4) is 0 Å². The highest BCUT2D eigenvalue weighted by atomic mass is 32.2. The number of nitrogens with zero attached hydrogens (tertiary/aromatic N) is 2. The van der Waals surface area contributed by atoms with Crippen LogP contribution in [0.1, 0.15) is 10.4 Å². The Morgan fingerprint density at radius 3 is 2.43 bits per heavy atom. The van der Waals surface area contributed by atoms with Gasteiger partial charge in [-0.25, -0.2) is 13.4 Å². The number of rotatable bonds is 5. The average molecular weight is 418 g/mol. The topological polar surface area (TPSA) is 105 Å². The summed E-state index contributed by atoms with van der Waals surface area (Å²) in [6, 6.07) is 22.7. The van der Waals surface area contributed by atoms with Gasteiger partial charge in [-0.1, -0.05) is 48.5 Å². The Balaban J connectivity index is 1.64. The standard InChI is InChI=1S/C22H18N4O3S/c1-30(28,29)17-11-7-10-16(14-17)22(27)23-19-13-6-5-12-18(19)21-24-20(25-26-21)15-8-3-2-4-9-15/h2-14H,1H3,(H,23,27)(H,24,25,26). The number of carbonyl (C=O) groups is 1. The lowest BCUT2D eigenvalue weighted by atomic mass is 10.1. The molecule has 150 valence electrons. The van der Waals surface area contributed by atoms with E-state index in [2.05, 4.69) is 20.5 Å². The number of para-hydroxylation sites is 1. The highest BCUT2D eigenvalue weighted by Gasteiger charge is 2.15. The Morgan fingerprint density at radius 2 is 1.67 bits per heavy atom. The third-order valence-corrected chi connectivity index (χ3v) is 5.58. The van der Waals surface area contributed by atoms with Crippen molar-refractivity contribution < 1.29 is 13.2 Å². The van der Waals surface area contributed by atoms with Crippen LogP contribution in [0.4, 0.5) is 5.69 Å². The second kappa shape index (κ2) is 7.92. The van der Waals surface area contributed by atoms with E-state index >= 15 is 0 Å². The number of anilines is 1. The predicted octanol–water partition coefficient (Wildman–Crippen LogP) is 3.79. The van der Waals surface area contributed by atoms with Gasteiger partial charge in [-0.15, -0.1) is 0 Å². The summed E-state index contributed by atoms with van der Waals surface area (Å²) in [4.78, 5) is 17.4. The van der Waals surface area contributed by atoms with Gasteiger partial charge in [-0.2, -0.15) is 5.10 Å². The lowest BCUT2D eigenvalue weighted by molar-refractivity contribution is 0.102. The molecule has 0 bridgehead atoms. The number of benzene rings is 3. The Morgan fingerprint density at radius 1 is 0.933 bits per heavy atom. The smallest absolute Gasteiger partial charge is 0.255 e. The minimum atomic E-state index is -3.41. The Kier molecular flexibility index (Phi) is 5.16. The Labute approximate surface area is 173 Å². The van der Waals surface area contributed by atoms with Crippen molar-refractivity contribution in [1.29, 1.82) is 0 Å². The van der Waals surface area contributed by atoms with Crippen LogP contribution < -0.4 is 5.32 Å². The molecule has 0 radical (unpaired) electrons. The number of hydrogen-bond acceptors (Lipinski definition) is 5. The summed E-state index contributed by atoms with van der Waals surface area (Å²) in [7, 11) is -3.41. The van der Waals surface area contributed by atoms with E-state index in [1.807, 2.05) is 42.5 Å². The predicted molar refractivity (Wildman–Crippen MR) is 115 cm³/mol. The van der Waals surface area contributed by atoms with E-state index in [4.69, 9.17) is 0 Å². The van der Waals surface area contributed by atoms with Gasteiger partial charge in [0.15, 0.2) is 21.5 Å². The molecular formula is C22H18N4O3S. The molecule has 7 nitrogen and oxygen atoms in total. The first kappa shape index (κ1) is 19.5. The van der Waals surface area contributed by atoms with E-state index in [1.54, 1.807) is 24.3 Å². The second-order valence-corrected chi connectivity index (χ2v) is 8.69. The molecule has 30 heavy (non-hydrogen) atoms. The van der Waals surface area contributed by atoms with Crippen LogP contribution in [0.15, 0.2) is 83.8 Å². The summed E-state index contributed by atoms with van der Waals surface area (Å²) in [5, 5.41) is 10.0. The monoisotopic (exact) mass is 418 g/mol. The van der Waals surface area contributed by atoms with Crippen LogP contribution in [0.25, 0.3) is 22.8 Å². The number of sulfone groups is 1. The molecule has 0 aliphatic carbocycles. The zero-order valence-corrected chi connectivity index (χ0v) is 16.8. The SMILES string of the molecule is CS(=O)(=O)c1cccc(C(=O)Nc2ccccc2-c2nc(-c3ccccc3)n[nH]2)c1. The molecule has 0 unspecified atom stereocenters. The molecule has 2 N–H and O–H groups in total. The first-order valence-corrected chi connectivity index (χ1v) is 11.0. The minimum Gasteiger partial charge on any atom is -0.321 e. The molecule has 1 amide bonds. The molecule has 0 saturated carbocycles. The van der Waals surface area contributed by atoms with Crippen molar-refractivity contribution in [2.75, 3.05) is 11.6 Å². The second-order valence-electron chi connectivity index (χ2n) is 6.67. The van der Waals surface area contributed by atoms with E-state index < -0.39 is 15.7 Å². The van der Waals surface area contributed by atoms with Gasteiger partial charge in [-0.3, -0.25) is 9.89 Å². The zero-order valence-electron chi connectivity index (χ0n) is 16.0. The van der Waals surface area contributed by atoms with E-state index in [-0.39, 0.29) is 10.5 Å². The molecule has 0 spiro atoms. The summed E-state index contributed by atoms with van der Waals surface area (Å²) in [6.07, 6.45) is 1.10. The molecule has 0 aliphatic rings. The van der Waals surface area contributed by atoms with E-state index in [0.29, 0.717) is 22.9 Å². The van der Waals surface area contributed by atoms with Gasteiger partial charge in [0.1, 0.15) is 0 Å². The third-order valence-electron chi connectivity index (χ3n) is 4.47. The van der Waals surface area contributed by atoms with Crippen molar-refractivity contribution in [2.45, 2.75) is 4.90 Å². The molecule has 1 heterocycles. The lowest BCUT2D eigenvalue weighted by Crippen LogP contribution is -2.13. The minimum absolute atomic E-state index is 0.0890. The van der Waals surface area contributed by atoms with Crippen LogP contribution in [-0.2, 0) is 9.84 Å². The van der Waals surface area contributed by atoms with Crippen LogP contribution in [-0.4, -0.2) is 35.8 Å². The molecule has 0 saturated heterocycles. The Hall–Kier alpha value is -3.78. The average Bonchev–Trinajstić information content (AvgIpc) is 3.24. The van der Waals surface area contributed by atoms with Gasteiger partial charge in [0, 0.05) is 22.9 Å². The van der Waals surface area contributed by atoms with Crippen molar-refractivity contribution in [2.24, 2.45) is 0 Å². The molecule has 0 aliphatic heterocycles. The van der Waals surface area contributed by atoms with Gasteiger partial charge in [0.2, 0.25) is 0 Å². The fraction of sp³-hybridized carbons (Fsp3) is 0.0455. The van der Waals surface area contributed by atoms with Crippen LogP contribution in [0, 0.1) is 0 Å². The fourth-order valence-corrected chi connectivity index (χ4v) is 3.63. The largest absolute Gasteiger partial charge is 0.321 e. The van der Waals surface area contributed by atoms with Crippen molar-refractivity contribution in [1.82, 2.24) is 15.2 Å². The van der Waals surface area contributed by atoms with Crippen molar-refractivity contribution in [3.05, 3.63) is 84.4 Å². The molecule has 1 aromatic heterocycles. The lowest BCUT2D eigenvalue weighted by Gasteiger charge is -2.10. The number of amides is 1. The maximum atomic E-state index is 12.8. The highest BCUT2D eigenvalue weighted by Crippen LogP contribution is 2.27. The fourth-order valence-electron chi connectivity index (χ4n) is 2.96. The molecule has 0 fully saturated rings. The molecule has 3 aromatic carbocycles. The highest BCUT2D eigenvalue weighted by molar-refractivity contribution is 7.90. The van der Waals surface area contributed by atoms with Gasteiger partial charge in [0.25, 0.3) is 5.91 Å². The molecular weight excluding hydrogens is 400 g/mol. The van der Waals surface area contributed by atoms with E-state index in [9.17, 15) is 13.2 Å². The number of hydrogen-bond donors (Lipinski definition) is 2. The summed E-state index contributed by atoms with van der Waals surface area (Å²) < 4.78 is 23.5. The van der Waals surface area contributed by atoms with Crippen LogP contribution in [0.2, 0.25) is 0 Å². The Bertz CT molecular complexity index is 1310. The van der Waals surface area contributed by atoms with Gasteiger partial charge in [-0.05, 0) is 30.3 Å². The molecule has 4 aromatic rings. The van der Waals surface area contributed by atoms with Gasteiger partial charge >= 0.3 is 0 Å². The number of aromatic amines is 1. The normalized spacial score (nSPS) is 11.2. The van der Waals surface area contributed by atoms with Crippen LogP contribution in [0.5, 0.6) is 0 Å². The van der Waals surface area contributed by atoms with Gasteiger partial charge in [0.05, 0.1) is 10.6 Å². The van der Waals surface area contributed by atoms with Crippen molar-refractivity contribution >= 4 is 21.4 Å². The summed E-state index contributed by atoms with van der Waals surface area (Å²) in [5.74, 6) is 0.637. The maximum absolute atomic E-state index is 12.8. The summed E-state index contributed by atoms with van der Waals surface area (Å²) in [5.41, 5.74) is 2.32. The van der Waals surface area contributed by atoms with Crippen molar-refractivity contribution in [3.8, 4) is 22.8 Å². The van der Waals surface area contributed by atoms with Crippen LogP contribution >= 0.6 is 0 Å². The number of nitrogens with one attached hydrogen (secondary N) is 2. The summed E-state index contributed by atoms with van der Waals surface area (Å²) >= 11 is 0. The molecule has 0 atom stereocenters.